The molecule has 0 fully saturated rings. The summed E-state index contributed by atoms with van der Waals surface area (Å²) in [6.07, 6.45) is -1.06. The summed E-state index contributed by atoms with van der Waals surface area (Å²) in [7, 11) is 1.52. The number of unbranched alkanes of at least 4 members (excludes halogenated alkanes) is 2. The number of ether oxygens (including phenoxy) is 2. The third-order valence-electron chi connectivity index (χ3n) is 4.15. The van der Waals surface area contributed by atoms with Crippen molar-refractivity contribution in [2.45, 2.75) is 46.2 Å². The third-order valence-corrected chi connectivity index (χ3v) is 4.15. The van der Waals surface area contributed by atoms with Crippen LogP contribution in [0.2, 0.25) is 0 Å². The summed E-state index contributed by atoms with van der Waals surface area (Å²) in [6, 6.07) is 6.87. The first-order valence-electron chi connectivity index (χ1n) is 9.76. The summed E-state index contributed by atoms with van der Waals surface area (Å²) in [5.41, 5.74) is -0.450. The van der Waals surface area contributed by atoms with Crippen LogP contribution < -0.4 is 14.4 Å². The molecule has 0 atom stereocenters. The Morgan fingerprint density at radius 3 is 2.48 bits per heavy atom. The van der Waals surface area contributed by atoms with Crippen LogP contribution in [0.25, 0.3) is 0 Å². The van der Waals surface area contributed by atoms with Gasteiger partial charge in [-0.25, -0.2) is 4.98 Å². The Morgan fingerprint density at radius 2 is 1.83 bits per heavy atom. The summed E-state index contributed by atoms with van der Waals surface area (Å²) >= 11 is 0. The molecule has 0 radical (unpaired) electrons. The minimum Gasteiger partial charge on any atom is -0.491 e. The van der Waals surface area contributed by atoms with E-state index in [1.54, 1.807) is 24.3 Å². The Morgan fingerprint density at radius 1 is 1.10 bits per heavy atom. The summed E-state index contributed by atoms with van der Waals surface area (Å²) in [5, 5.41) is 0. The summed E-state index contributed by atoms with van der Waals surface area (Å²) in [5.74, 6) is 0.487. The van der Waals surface area contributed by atoms with Crippen LogP contribution in [0.1, 0.15) is 45.6 Å². The first kappa shape index (κ1) is 22.8. The first-order chi connectivity index (χ1) is 13.7. The maximum absolute atomic E-state index is 13.6. The van der Waals surface area contributed by atoms with Crippen molar-refractivity contribution >= 4 is 11.5 Å². The molecule has 0 N–H and O–H groups in total. The molecule has 1 aromatic carbocycles. The highest BCUT2D eigenvalue weighted by atomic mass is 19.4. The van der Waals surface area contributed by atoms with Gasteiger partial charge in [-0.15, -0.1) is 0 Å². The minimum absolute atomic E-state index is 0.0727. The maximum atomic E-state index is 13.6. The predicted octanol–water partition coefficient (Wildman–Crippen LogP) is 5.87. The molecular formula is C21H28F3N3O2. The highest BCUT2D eigenvalue weighted by Gasteiger charge is 2.37. The van der Waals surface area contributed by atoms with Crippen LogP contribution in [0.5, 0.6) is 11.8 Å². The van der Waals surface area contributed by atoms with Gasteiger partial charge in [-0.3, -0.25) is 0 Å². The van der Waals surface area contributed by atoms with E-state index in [4.69, 9.17) is 9.47 Å². The number of anilines is 2. The Hall–Kier alpha value is -2.51. The molecule has 0 saturated carbocycles. The highest BCUT2D eigenvalue weighted by Crippen LogP contribution is 2.40. The van der Waals surface area contributed by atoms with E-state index in [9.17, 15) is 13.2 Å². The summed E-state index contributed by atoms with van der Waals surface area (Å²) < 4.78 is 52.0. The van der Waals surface area contributed by atoms with Gasteiger partial charge in [-0.1, -0.05) is 45.7 Å². The van der Waals surface area contributed by atoms with Crippen molar-refractivity contribution < 1.29 is 22.6 Å². The molecule has 29 heavy (non-hydrogen) atoms. The van der Waals surface area contributed by atoms with Gasteiger partial charge in [0.05, 0.1) is 18.9 Å². The Balaban J connectivity index is 2.37. The van der Waals surface area contributed by atoms with E-state index in [0.717, 1.165) is 25.5 Å². The van der Waals surface area contributed by atoms with Gasteiger partial charge < -0.3 is 14.4 Å². The smallest absolute Gasteiger partial charge is 0.421 e. The number of para-hydroxylation sites is 2. The molecule has 0 aliphatic heterocycles. The zero-order chi connectivity index (χ0) is 21.4. The van der Waals surface area contributed by atoms with E-state index in [1.165, 1.54) is 11.9 Å². The second-order valence-electron chi connectivity index (χ2n) is 7.17. The Bertz CT molecular complexity index is 782. The third kappa shape index (κ3) is 6.51. The molecule has 0 unspecified atom stereocenters. The van der Waals surface area contributed by atoms with Crippen molar-refractivity contribution in [1.82, 2.24) is 9.97 Å². The lowest BCUT2D eigenvalue weighted by Gasteiger charge is -2.25. The van der Waals surface area contributed by atoms with Crippen LogP contribution in [0.15, 0.2) is 30.5 Å². The van der Waals surface area contributed by atoms with Crippen LogP contribution in [0, 0.1) is 5.92 Å². The SMILES string of the molecule is CCCCCOc1ncc(C(F)(F)F)c(N(C)c2ccccc2OCC(C)C)n1. The number of rotatable bonds is 10. The lowest BCUT2D eigenvalue weighted by Crippen LogP contribution is -2.20. The lowest BCUT2D eigenvalue weighted by atomic mass is 10.2. The van der Waals surface area contributed by atoms with Crippen LogP contribution in [-0.4, -0.2) is 30.2 Å². The minimum atomic E-state index is -4.60. The van der Waals surface area contributed by atoms with Crippen LogP contribution >= 0.6 is 0 Å². The largest absolute Gasteiger partial charge is 0.491 e. The van der Waals surface area contributed by atoms with Gasteiger partial charge >= 0.3 is 12.2 Å². The van der Waals surface area contributed by atoms with E-state index >= 15 is 0 Å². The zero-order valence-electron chi connectivity index (χ0n) is 17.3. The van der Waals surface area contributed by atoms with Crippen LogP contribution in [0.3, 0.4) is 0 Å². The van der Waals surface area contributed by atoms with E-state index in [-0.39, 0.29) is 17.7 Å². The molecule has 0 amide bonds. The van der Waals surface area contributed by atoms with Gasteiger partial charge in [-0.05, 0) is 24.5 Å². The molecule has 0 spiro atoms. The highest BCUT2D eigenvalue weighted by molar-refractivity contribution is 5.68. The number of aromatic nitrogens is 2. The molecular weight excluding hydrogens is 383 g/mol. The number of benzene rings is 1. The second kappa shape index (κ2) is 10.3. The fourth-order valence-electron chi connectivity index (χ4n) is 2.62. The Labute approximate surface area is 169 Å². The van der Waals surface area contributed by atoms with Crippen molar-refractivity contribution in [3.05, 3.63) is 36.0 Å². The molecule has 0 bridgehead atoms. The van der Waals surface area contributed by atoms with Crippen molar-refractivity contribution in [1.29, 1.82) is 0 Å². The molecule has 0 aliphatic carbocycles. The quantitative estimate of drug-likeness (QED) is 0.458. The molecule has 0 aliphatic rings. The Kier molecular flexibility index (Phi) is 8.10. The van der Waals surface area contributed by atoms with Gasteiger partial charge in [0.15, 0.2) is 5.82 Å². The molecule has 1 aromatic heterocycles. The number of hydrogen-bond donors (Lipinski definition) is 0. The van der Waals surface area contributed by atoms with Gasteiger partial charge in [0.2, 0.25) is 0 Å². The molecule has 8 heteroatoms. The molecule has 1 heterocycles. The summed E-state index contributed by atoms with van der Waals surface area (Å²) in [4.78, 5) is 9.18. The predicted molar refractivity (Wildman–Crippen MR) is 107 cm³/mol. The average molecular weight is 411 g/mol. The van der Waals surface area contributed by atoms with Crippen molar-refractivity contribution in [2.75, 3.05) is 25.2 Å². The van der Waals surface area contributed by atoms with E-state index in [0.29, 0.717) is 24.7 Å². The van der Waals surface area contributed by atoms with E-state index in [2.05, 4.69) is 16.9 Å². The number of halogens is 3. The standard InChI is InChI=1S/C21H28F3N3O2/c1-5-6-9-12-28-20-25-13-16(21(22,23)24)19(26-20)27(4)17-10-7-8-11-18(17)29-14-15(2)3/h7-8,10-11,13,15H,5-6,9,12,14H2,1-4H3. The lowest BCUT2D eigenvalue weighted by molar-refractivity contribution is -0.137. The number of hydrogen-bond acceptors (Lipinski definition) is 5. The van der Waals surface area contributed by atoms with Crippen molar-refractivity contribution in [2.24, 2.45) is 5.92 Å². The van der Waals surface area contributed by atoms with E-state index < -0.39 is 11.7 Å². The van der Waals surface area contributed by atoms with E-state index in [1.807, 2.05) is 13.8 Å². The number of nitrogens with zero attached hydrogens (tertiary/aromatic N) is 3. The van der Waals surface area contributed by atoms with Crippen LogP contribution in [-0.2, 0) is 6.18 Å². The van der Waals surface area contributed by atoms with Gasteiger partial charge in [0, 0.05) is 13.2 Å². The first-order valence-corrected chi connectivity index (χ1v) is 9.76. The van der Waals surface area contributed by atoms with Crippen molar-refractivity contribution in [3.63, 3.8) is 0 Å². The second-order valence-corrected chi connectivity index (χ2v) is 7.17. The fourth-order valence-corrected chi connectivity index (χ4v) is 2.62. The topological polar surface area (TPSA) is 47.5 Å². The van der Waals surface area contributed by atoms with Gasteiger partial charge in [0.1, 0.15) is 11.3 Å². The fraction of sp³-hybridized carbons (Fsp3) is 0.524. The molecule has 5 nitrogen and oxygen atoms in total. The molecule has 0 saturated heterocycles. The van der Waals surface area contributed by atoms with Crippen LogP contribution in [0.4, 0.5) is 24.7 Å². The normalized spacial score (nSPS) is 11.6. The maximum Gasteiger partial charge on any atom is 0.421 e. The molecule has 2 aromatic rings. The monoisotopic (exact) mass is 411 g/mol. The van der Waals surface area contributed by atoms with Crippen molar-refractivity contribution in [3.8, 4) is 11.8 Å². The van der Waals surface area contributed by atoms with Gasteiger partial charge in [0.25, 0.3) is 0 Å². The number of alkyl halides is 3. The molecule has 160 valence electrons. The summed E-state index contributed by atoms with van der Waals surface area (Å²) in [6.45, 7) is 6.87. The zero-order valence-corrected chi connectivity index (χ0v) is 17.3. The van der Waals surface area contributed by atoms with Gasteiger partial charge in [-0.2, -0.15) is 18.2 Å². The molecule has 2 rings (SSSR count). The average Bonchev–Trinajstić information content (AvgIpc) is 2.68.